The first-order chi connectivity index (χ1) is 13.0. The number of hydrogen-bond acceptors (Lipinski definition) is 5. The number of ether oxygens (including phenoxy) is 2. The summed E-state index contributed by atoms with van der Waals surface area (Å²) in [6, 6.07) is 14.1. The van der Waals surface area contributed by atoms with Crippen LogP contribution >= 0.6 is 11.6 Å². The highest BCUT2D eigenvalue weighted by atomic mass is 35.5. The Morgan fingerprint density at radius 2 is 1.63 bits per heavy atom. The Hall–Kier alpha value is -1.80. The molecule has 0 atom stereocenters. The van der Waals surface area contributed by atoms with Gasteiger partial charge in [0, 0.05) is 33.3 Å². The van der Waals surface area contributed by atoms with Crippen molar-refractivity contribution in [3.05, 3.63) is 53.6 Å². The minimum atomic E-state index is -3.53. The molecular weight excluding hydrogens is 388 g/mol. The lowest BCUT2D eigenvalue weighted by molar-refractivity contribution is 0.146. The summed E-state index contributed by atoms with van der Waals surface area (Å²) in [4.78, 5) is 2.38. The van der Waals surface area contributed by atoms with Crippen LogP contribution in [0, 0.1) is 0 Å². The number of sulfonamides is 1. The van der Waals surface area contributed by atoms with E-state index in [0.29, 0.717) is 50.2 Å². The van der Waals surface area contributed by atoms with Crippen LogP contribution in [0.5, 0.6) is 5.75 Å². The van der Waals surface area contributed by atoms with Gasteiger partial charge in [-0.3, -0.25) is 0 Å². The number of hydrogen-bond donors (Lipinski definition) is 0. The van der Waals surface area contributed by atoms with Gasteiger partial charge in [0.2, 0.25) is 10.0 Å². The van der Waals surface area contributed by atoms with Gasteiger partial charge in [-0.15, -0.1) is 0 Å². The Bertz CT molecular complexity index is 850. The second-order valence-electron chi connectivity index (χ2n) is 6.16. The molecule has 0 radical (unpaired) electrons. The highest BCUT2D eigenvalue weighted by molar-refractivity contribution is 7.89. The highest BCUT2D eigenvalue weighted by Gasteiger charge is 2.29. The first-order valence-electron chi connectivity index (χ1n) is 8.74. The summed E-state index contributed by atoms with van der Waals surface area (Å²) in [6.45, 7) is 2.93. The second-order valence-corrected chi connectivity index (χ2v) is 8.50. The average Bonchev–Trinajstić information content (AvgIpc) is 2.69. The minimum Gasteiger partial charge on any atom is -0.491 e. The zero-order chi connectivity index (χ0) is 19.3. The van der Waals surface area contributed by atoms with Crippen molar-refractivity contribution in [2.24, 2.45) is 0 Å². The van der Waals surface area contributed by atoms with Gasteiger partial charge < -0.3 is 14.4 Å². The quantitative estimate of drug-likeness (QED) is 0.657. The molecule has 0 N–H and O–H groups in total. The molecule has 27 heavy (non-hydrogen) atoms. The van der Waals surface area contributed by atoms with E-state index in [-0.39, 0.29) is 4.90 Å². The highest BCUT2D eigenvalue weighted by Crippen LogP contribution is 2.27. The van der Waals surface area contributed by atoms with Crippen molar-refractivity contribution < 1.29 is 17.9 Å². The predicted octanol–water partition coefficient (Wildman–Crippen LogP) is 2.88. The van der Waals surface area contributed by atoms with Crippen LogP contribution in [0.4, 0.5) is 5.69 Å². The number of piperazine rings is 1. The zero-order valence-electron chi connectivity index (χ0n) is 15.2. The molecule has 0 bridgehead atoms. The molecule has 1 saturated heterocycles. The molecule has 2 aromatic rings. The fourth-order valence-corrected chi connectivity index (χ4v) is 4.65. The number of methoxy groups -OCH3 is 1. The molecule has 0 unspecified atom stereocenters. The van der Waals surface area contributed by atoms with Crippen LogP contribution in [-0.4, -0.2) is 59.2 Å². The molecule has 0 aliphatic carbocycles. The van der Waals surface area contributed by atoms with Crippen LogP contribution in [0.1, 0.15) is 0 Å². The molecule has 0 spiro atoms. The number of rotatable bonds is 7. The summed E-state index contributed by atoms with van der Waals surface area (Å²) >= 11 is 6.25. The number of anilines is 1. The third kappa shape index (κ3) is 4.73. The molecule has 0 saturated carbocycles. The molecule has 8 heteroatoms. The molecule has 3 rings (SSSR count). The Morgan fingerprint density at radius 1 is 0.963 bits per heavy atom. The van der Waals surface area contributed by atoms with Gasteiger partial charge in [-0.05, 0) is 36.4 Å². The van der Waals surface area contributed by atoms with Crippen LogP contribution in [0.2, 0.25) is 5.02 Å². The van der Waals surface area contributed by atoms with Crippen LogP contribution in [0.25, 0.3) is 0 Å². The van der Waals surface area contributed by atoms with E-state index in [1.54, 1.807) is 31.4 Å². The lowest BCUT2D eigenvalue weighted by Crippen LogP contribution is -2.48. The van der Waals surface area contributed by atoms with Gasteiger partial charge in [0.05, 0.1) is 22.2 Å². The Kier molecular flexibility index (Phi) is 6.59. The summed E-state index contributed by atoms with van der Waals surface area (Å²) in [5, 5.41) is 0.679. The van der Waals surface area contributed by atoms with E-state index in [2.05, 4.69) is 4.90 Å². The zero-order valence-corrected chi connectivity index (χ0v) is 16.7. The minimum absolute atomic E-state index is 0.271. The van der Waals surface area contributed by atoms with Gasteiger partial charge in [0.15, 0.2) is 0 Å². The summed E-state index contributed by atoms with van der Waals surface area (Å²) in [5.41, 5.74) is 0.939. The van der Waals surface area contributed by atoms with Crippen molar-refractivity contribution in [3.8, 4) is 5.75 Å². The van der Waals surface area contributed by atoms with E-state index in [9.17, 15) is 8.42 Å². The van der Waals surface area contributed by atoms with Crippen LogP contribution in [0.15, 0.2) is 53.4 Å². The third-order valence-corrected chi connectivity index (χ3v) is 6.68. The average molecular weight is 411 g/mol. The number of benzene rings is 2. The summed E-state index contributed by atoms with van der Waals surface area (Å²) < 4.78 is 37.7. The standard InChI is InChI=1S/C19H23ClN2O4S/c1-25-14-15-26-16-6-8-17(9-7-16)27(23,24)22-12-10-21(11-13-22)19-5-3-2-4-18(19)20/h2-9H,10-15H2,1H3. The molecule has 1 aliphatic rings. The van der Waals surface area contributed by atoms with Crippen LogP contribution < -0.4 is 9.64 Å². The molecule has 2 aromatic carbocycles. The molecule has 6 nitrogen and oxygen atoms in total. The fourth-order valence-electron chi connectivity index (χ4n) is 2.98. The van der Waals surface area contributed by atoms with Crippen molar-refractivity contribution in [2.45, 2.75) is 4.90 Å². The van der Waals surface area contributed by atoms with Gasteiger partial charge in [0.25, 0.3) is 0 Å². The van der Waals surface area contributed by atoms with Gasteiger partial charge in [-0.25, -0.2) is 8.42 Å². The molecule has 1 aliphatic heterocycles. The molecular formula is C19H23ClN2O4S. The lowest BCUT2D eigenvalue weighted by atomic mass is 10.2. The smallest absolute Gasteiger partial charge is 0.243 e. The van der Waals surface area contributed by atoms with Crippen molar-refractivity contribution in [2.75, 3.05) is 51.4 Å². The molecule has 146 valence electrons. The first-order valence-corrected chi connectivity index (χ1v) is 10.6. The Morgan fingerprint density at radius 3 is 2.26 bits per heavy atom. The van der Waals surface area contributed by atoms with E-state index < -0.39 is 10.0 Å². The number of para-hydroxylation sites is 1. The largest absolute Gasteiger partial charge is 0.491 e. The summed E-state index contributed by atoms with van der Waals surface area (Å²) in [5.74, 6) is 0.620. The van der Waals surface area contributed by atoms with Crippen molar-refractivity contribution in [1.82, 2.24) is 4.31 Å². The SMILES string of the molecule is COCCOc1ccc(S(=O)(=O)N2CCN(c3ccccc3Cl)CC2)cc1. The number of halogens is 1. The fraction of sp³-hybridized carbons (Fsp3) is 0.368. The summed E-state index contributed by atoms with van der Waals surface area (Å²) in [6.07, 6.45) is 0. The topological polar surface area (TPSA) is 59.1 Å². The third-order valence-electron chi connectivity index (χ3n) is 4.45. The molecule has 0 aromatic heterocycles. The van der Waals surface area contributed by atoms with Gasteiger partial charge in [-0.1, -0.05) is 23.7 Å². The maximum Gasteiger partial charge on any atom is 0.243 e. The van der Waals surface area contributed by atoms with Crippen molar-refractivity contribution in [1.29, 1.82) is 0 Å². The van der Waals surface area contributed by atoms with E-state index in [0.717, 1.165) is 5.69 Å². The van der Waals surface area contributed by atoms with E-state index >= 15 is 0 Å². The van der Waals surface area contributed by atoms with E-state index in [1.807, 2.05) is 24.3 Å². The monoisotopic (exact) mass is 410 g/mol. The predicted molar refractivity (Wildman–Crippen MR) is 106 cm³/mol. The van der Waals surface area contributed by atoms with Crippen molar-refractivity contribution >= 4 is 27.3 Å². The second kappa shape index (κ2) is 8.93. The normalized spacial score (nSPS) is 15.7. The van der Waals surface area contributed by atoms with Gasteiger partial charge in [-0.2, -0.15) is 4.31 Å². The van der Waals surface area contributed by atoms with E-state index in [4.69, 9.17) is 21.1 Å². The number of nitrogens with zero attached hydrogens (tertiary/aromatic N) is 2. The molecule has 1 heterocycles. The Labute approximate surface area is 165 Å². The van der Waals surface area contributed by atoms with E-state index in [1.165, 1.54) is 4.31 Å². The van der Waals surface area contributed by atoms with Gasteiger partial charge in [0.1, 0.15) is 12.4 Å². The lowest BCUT2D eigenvalue weighted by Gasteiger charge is -2.35. The maximum atomic E-state index is 12.9. The summed E-state index contributed by atoms with van der Waals surface area (Å²) in [7, 11) is -1.92. The van der Waals surface area contributed by atoms with Crippen molar-refractivity contribution in [3.63, 3.8) is 0 Å². The first kappa shape index (κ1) is 19.9. The molecule has 1 fully saturated rings. The molecule has 0 amide bonds. The van der Waals surface area contributed by atoms with Crippen LogP contribution in [0.3, 0.4) is 0 Å². The van der Waals surface area contributed by atoms with Crippen LogP contribution in [-0.2, 0) is 14.8 Å². The Balaban J connectivity index is 1.64. The maximum absolute atomic E-state index is 12.9. The van der Waals surface area contributed by atoms with Gasteiger partial charge >= 0.3 is 0 Å².